The van der Waals surface area contributed by atoms with Crippen molar-refractivity contribution in [2.45, 2.75) is 37.4 Å². The summed E-state index contributed by atoms with van der Waals surface area (Å²) in [5.41, 5.74) is 0.775. The van der Waals surface area contributed by atoms with Crippen LogP contribution in [0.25, 0.3) is 10.7 Å². The van der Waals surface area contributed by atoms with Crippen molar-refractivity contribution in [3.8, 4) is 10.7 Å². The normalized spacial score (nSPS) is 17.3. The molecule has 1 N–H and O–H groups in total. The number of unbranched alkanes of at least 4 members (excludes halogenated alkanes) is 1. The fourth-order valence-corrected chi connectivity index (χ4v) is 6.03. The predicted octanol–water partition coefficient (Wildman–Crippen LogP) is 4.25. The van der Waals surface area contributed by atoms with Gasteiger partial charge >= 0.3 is 0 Å². The van der Waals surface area contributed by atoms with Crippen molar-refractivity contribution in [3.63, 3.8) is 0 Å². The molecule has 1 aliphatic heterocycles. The third kappa shape index (κ3) is 5.19. The van der Waals surface area contributed by atoms with Crippen LogP contribution in [0.4, 0.5) is 5.13 Å². The van der Waals surface area contributed by atoms with Gasteiger partial charge in [0.25, 0.3) is 0 Å². The standard InChI is InChI=1S/C15H18N4OS3/c20-13(7-2-1-5-11-8-10-21-23-11)17-15-19-18-14(22-15)12-6-3-4-9-16-12/h3-4,6,9,11H,1-2,5,7-8,10H2,(H,17,19,20). The van der Waals surface area contributed by atoms with Crippen molar-refractivity contribution in [2.24, 2.45) is 0 Å². The van der Waals surface area contributed by atoms with Crippen LogP contribution < -0.4 is 5.32 Å². The van der Waals surface area contributed by atoms with Crippen molar-refractivity contribution < 1.29 is 4.79 Å². The molecule has 2 aromatic heterocycles. The average Bonchev–Trinajstić information content (AvgIpc) is 3.24. The maximum Gasteiger partial charge on any atom is 0.226 e. The van der Waals surface area contributed by atoms with Crippen LogP contribution in [-0.4, -0.2) is 32.1 Å². The first kappa shape index (κ1) is 16.7. The molecule has 23 heavy (non-hydrogen) atoms. The van der Waals surface area contributed by atoms with Crippen LogP contribution >= 0.6 is 32.9 Å². The second-order valence-corrected chi connectivity index (χ2v) is 9.02. The largest absolute Gasteiger partial charge is 0.301 e. The summed E-state index contributed by atoms with van der Waals surface area (Å²) in [6.07, 6.45) is 6.83. The second kappa shape index (κ2) is 8.65. The van der Waals surface area contributed by atoms with Crippen LogP contribution in [0.1, 0.15) is 32.1 Å². The number of nitrogens with zero attached hydrogens (tertiary/aromatic N) is 3. The molecule has 3 rings (SSSR count). The van der Waals surface area contributed by atoms with Gasteiger partial charge in [0.15, 0.2) is 5.01 Å². The molecule has 3 heterocycles. The number of anilines is 1. The fourth-order valence-electron chi connectivity index (χ4n) is 2.27. The first-order valence-corrected chi connectivity index (χ1v) is 10.8. The summed E-state index contributed by atoms with van der Waals surface area (Å²) in [5.74, 6) is 1.29. The molecule has 0 saturated carbocycles. The third-order valence-corrected chi connectivity index (χ3v) is 7.33. The minimum atomic E-state index is 0.0159. The van der Waals surface area contributed by atoms with E-state index in [4.69, 9.17) is 0 Å². The maximum absolute atomic E-state index is 12.0. The lowest BCUT2D eigenvalue weighted by atomic mass is 10.1. The van der Waals surface area contributed by atoms with E-state index in [1.807, 2.05) is 39.8 Å². The monoisotopic (exact) mass is 366 g/mol. The number of carbonyl (C=O) groups excluding carboxylic acids is 1. The Morgan fingerprint density at radius 3 is 3.04 bits per heavy atom. The van der Waals surface area contributed by atoms with E-state index < -0.39 is 0 Å². The Hall–Kier alpha value is -1.12. The molecule has 0 radical (unpaired) electrons. The maximum atomic E-state index is 12.0. The lowest BCUT2D eigenvalue weighted by molar-refractivity contribution is -0.116. The lowest BCUT2D eigenvalue weighted by Crippen LogP contribution is -2.11. The number of rotatable bonds is 7. The number of hydrogen-bond acceptors (Lipinski definition) is 7. The van der Waals surface area contributed by atoms with E-state index in [-0.39, 0.29) is 5.91 Å². The minimum absolute atomic E-state index is 0.0159. The average molecular weight is 367 g/mol. The molecule has 5 nitrogen and oxygen atoms in total. The number of pyridine rings is 1. The molecule has 0 spiro atoms. The Balaban J connectivity index is 1.40. The molecule has 1 saturated heterocycles. The summed E-state index contributed by atoms with van der Waals surface area (Å²) >= 11 is 1.35. The van der Waals surface area contributed by atoms with Gasteiger partial charge in [-0.15, -0.1) is 10.2 Å². The Morgan fingerprint density at radius 2 is 2.26 bits per heavy atom. The Kier molecular flexibility index (Phi) is 6.29. The number of carbonyl (C=O) groups is 1. The molecule has 1 amide bonds. The van der Waals surface area contributed by atoms with Crippen LogP contribution in [0, 0.1) is 0 Å². The zero-order valence-corrected chi connectivity index (χ0v) is 15.1. The van der Waals surface area contributed by atoms with E-state index >= 15 is 0 Å². The van der Waals surface area contributed by atoms with Gasteiger partial charge in [-0.3, -0.25) is 9.78 Å². The summed E-state index contributed by atoms with van der Waals surface area (Å²) in [4.78, 5) is 16.2. The smallest absolute Gasteiger partial charge is 0.226 e. The Morgan fingerprint density at radius 1 is 1.30 bits per heavy atom. The summed E-state index contributed by atoms with van der Waals surface area (Å²) in [5, 5.41) is 13.0. The molecule has 1 aliphatic rings. The molecule has 1 atom stereocenters. The zero-order chi connectivity index (χ0) is 15.9. The van der Waals surface area contributed by atoms with Gasteiger partial charge < -0.3 is 5.32 Å². The number of nitrogens with one attached hydrogen (secondary N) is 1. The summed E-state index contributed by atoms with van der Waals surface area (Å²) in [6, 6.07) is 5.64. The van der Waals surface area contributed by atoms with E-state index in [0.717, 1.165) is 28.8 Å². The van der Waals surface area contributed by atoms with Crippen molar-refractivity contribution in [1.29, 1.82) is 0 Å². The summed E-state index contributed by atoms with van der Waals surface area (Å²) < 4.78 is 0. The second-order valence-electron chi connectivity index (χ2n) is 5.25. The van der Waals surface area contributed by atoms with Gasteiger partial charge in [0.1, 0.15) is 5.69 Å². The van der Waals surface area contributed by atoms with Gasteiger partial charge in [-0.25, -0.2) is 0 Å². The van der Waals surface area contributed by atoms with Crippen molar-refractivity contribution >= 4 is 44.0 Å². The fraction of sp³-hybridized carbons (Fsp3) is 0.467. The predicted molar refractivity (Wildman–Crippen MR) is 98.7 cm³/mol. The van der Waals surface area contributed by atoms with Crippen molar-refractivity contribution in [3.05, 3.63) is 24.4 Å². The van der Waals surface area contributed by atoms with E-state index in [1.54, 1.807) is 6.20 Å². The van der Waals surface area contributed by atoms with Crippen LogP contribution in [0.5, 0.6) is 0 Å². The number of hydrogen-bond donors (Lipinski definition) is 1. The van der Waals surface area contributed by atoms with Gasteiger partial charge in [-0.2, -0.15) is 0 Å². The van der Waals surface area contributed by atoms with E-state index in [2.05, 4.69) is 20.5 Å². The van der Waals surface area contributed by atoms with Crippen LogP contribution in [0.3, 0.4) is 0 Å². The lowest BCUT2D eigenvalue weighted by Gasteiger charge is -2.06. The van der Waals surface area contributed by atoms with E-state index in [0.29, 0.717) is 11.6 Å². The van der Waals surface area contributed by atoms with Crippen LogP contribution in [0.15, 0.2) is 24.4 Å². The quantitative estimate of drug-likeness (QED) is 0.583. The molecule has 122 valence electrons. The summed E-state index contributed by atoms with van der Waals surface area (Å²) in [6.45, 7) is 0. The van der Waals surface area contributed by atoms with Gasteiger partial charge in [-0.1, -0.05) is 45.4 Å². The molecular weight excluding hydrogens is 348 g/mol. The van der Waals surface area contributed by atoms with Crippen LogP contribution in [-0.2, 0) is 4.79 Å². The molecule has 2 aromatic rings. The zero-order valence-electron chi connectivity index (χ0n) is 12.6. The van der Waals surface area contributed by atoms with Gasteiger partial charge in [0.2, 0.25) is 11.0 Å². The molecule has 0 aliphatic carbocycles. The molecule has 0 bridgehead atoms. The highest BCUT2D eigenvalue weighted by molar-refractivity contribution is 8.77. The van der Waals surface area contributed by atoms with Crippen molar-refractivity contribution in [2.75, 3.05) is 11.1 Å². The minimum Gasteiger partial charge on any atom is -0.301 e. The molecule has 8 heteroatoms. The van der Waals surface area contributed by atoms with Gasteiger partial charge in [0.05, 0.1) is 0 Å². The number of aromatic nitrogens is 3. The molecule has 1 fully saturated rings. The first-order valence-electron chi connectivity index (χ1n) is 7.64. The van der Waals surface area contributed by atoms with E-state index in [1.165, 1.54) is 29.9 Å². The summed E-state index contributed by atoms with van der Waals surface area (Å²) in [7, 11) is 3.97. The van der Waals surface area contributed by atoms with Gasteiger partial charge in [0, 0.05) is 23.6 Å². The van der Waals surface area contributed by atoms with Crippen LogP contribution in [0.2, 0.25) is 0 Å². The third-order valence-electron chi connectivity index (χ3n) is 3.46. The molecule has 0 aromatic carbocycles. The first-order chi connectivity index (χ1) is 11.3. The number of amides is 1. The Bertz CT molecular complexity index is 629. The highest BCUT2D eigenvalue weighted by Crippen LogP contribution is 2.39. The topological polar surface area (TPSA) is 67.8 Å². The SMILES string of the molecule is O=C(CCCCC1CCSS1)Nc1nnc(-c2ccccn2)s1. The van der Waals surface area contributed by atoms with Gasteiger partial charge in [-0.05, 0) is 31.4 Å². The Labute approximate surface area is 147 Å². The molecular formula is C15H18N4OS3. The van der Waals surface area contributed by atoms with Crippen molar-refractivity contribution in [1.82, 2.24) is 15.2 Å². The molecule has 1 unspecified atom stereocenters. The van der Waals surface area contributed by atoms with E-state index in [9.17, 15) is 4.79 Å². The highest BCUT2D eigenvalue weighted by Gasteiger charge is 2.16. The highest BCUT2D eigenvalue weighted by atomic mass is 33.1.